The number of hydrogen-bond acceptors (Lipinski definition) is 5. The molecule has 0 aromatic heterocycles. The van der Waals surface area contributed by atoms with Crippen LogP contribution < -0.4 is 5.32 Å². The molecular formula is C12H17FN2O4S2. The monoisotopic (exact) mass is 336 g/mol. The lowest BCUT2D eigenvalue weighted by molar-refractivity contribution is 0.283. The topological polar surface area (TPSA) is 83.6 Å². The summed E-state index contributed by atoms with van der Waals surface area (Å²) in [6.07, 6.45) is 0.873. The number of nitrogens with one attached hydrogen (secondary N) is 1. The van der Waals surface area contributed by atoms with Crippen molar-refractivity contribution in [3.8, 4) is 0 Å². The zero-order valence-corrected chi connectivity index (χ0v) is 13.3. The van der Waals surface area contributed by atoms with Gasteiger partial charge in [0, 0.05) is 31.9 Å². The van der Waals surface area contributed by atoms with E-state index in [2.05, 4.69) is 5.32 Å². The van der Waals surface area contributed by atoms with E-state index >= 15 is 0 Å². The molecule has 2 rings (SSSR count). The quantitative estimate of drug-likeness (QED) is 0.853. The predicted octanol–water partition coefficient (Wildman–Crippen LogP) is 0.212. The molecule has 0 unspecified atom stereocenters. The summed E-state index contributed by atoms with van der Waals surface area (Å²) in [5.41, 5.74) is 0. The van der Waals surface area contributed by atoms with Gasteiger partial charge in [0.05, 0.1) is 4.90 Å². The molecule has 1 aromatic rings. The van der Waals surface area contributed by atoms with Gasteiger partial charge in [0.15, 0.2) is 9.84 Å². The van der Waals surface area contributed by atoms with E-state index < -0.39 is 30.6 Å². The van der Waals surface area contributed by atoms with Gasteiger partial charge < -0.3 is 5.32 Å². The number of sulfone groups is 1. The summed E-state index contributed by atoms with van der Waals surface area (Å²) >= 11 is 0. The molecule has 1 atom stereocenters. The Morgan fingerprint density at radius 1 is 1.29 bits per heavy atom. The first-order chi connectivity index (χ1) is 9.64. The van der Waals surface area contributed by atoms with E-state index in [1.54, 1.807) is 6.92 Å². The maximum Gasteiger partial charge on any atom is 0.243 e. The molecule has 1 aliphatic rings. The number of nitrogens with zero attached hydrogens (tertiary/aromatic N) is 1. The highest BCUT2D eigenvalue weighted by Gasteiger charge is 2.31. The Kier molecular flexibility index (Phi) is 4.39. The Morgan fingerprint density at radius 2 is 1.95 bits per heavy atom. The number of sulfonamides is 1. The molecule has 6 nitrogen and oxygen atoms in total. The number of halogens is 1. The molecule has 0 amide bonds. The molecule has 118 valence electrons. The van der Waals surface area contributed by atoms with Crippen molar-refractivity contribution in [1.82, 2.24) is 9.62 Å². The first kappa shape index (κ1) is 16.3. The molecule has 0 aliphatic carbocycles. The van der Waals surface area contributed by atoms with E-state index in [0.717, 1.165) is 24.5 Å². The minimum atomic E-state index is -3.84. The number of benzene rings is 1. The average Bonchev–Trinajstić information content (AvgIpc) is 2.37. The minimum Gasteiger partial charge on any atom is -0.314 e. The fourth-order valence-corrected chi connectivity index (χ4v) is 4.63. The maximum absolute atomic E-state index is 13.9. The van der Waals surface area contributed by atoms with Gasteiger partial charge in [-0.2, -0.15) is 4.31 Å². The van der Waals surface area contributed by atoms with Crippen LogP contribution >= 0.6 is 0 Å². The smallest absolute Gasteiger partial charge is 0.243 e. The van der Waals surface area contributed by atoms with Crippen LogP contribution in [0, 0.1) is 5.82 Å². The van der Waals surface area contributed by atoms with E-state index in [-0.39, 0.29) is 10.9 Å². The third-order valence-electron chi connectivity index (χ3n) is 3.35. The molecule has 21 heavy (non-hydrogen) atoms. The second-order valence-electron chi connectivity index (χ2n) is 5.03. The molecule has 0 spiro atoms. The highest BCUT2D eigenvalue weighted by molar-refractivity contribution is 7.90. The Bertz CT molecular complexity index is 747. The highest BCUT2D eigenvalue weighted by atomic mass is 32.2. The maximum atomic E-state index is 13.9. The van der Waals surface area contributed by atoms with Crippen molar-refractivity contribution in [2.24, 2.45) is 0 Å². The third-order valence-corrected chi connectivity index (χ3v) is 6.49. The zero-order valence-electron chi connectivity index (χ0n) is 11.7. The lowest BCUT2D eigenvalue weighted by Gasteiger charge is -2.32. The van der Waals surface area contributed by atoms with Crippen LogP contribution in [0.15, 0.2) is 28.0 Å². The minimum absolute atomic E-state index is 0.235. The molecule has 0 radical (unpaired) electrons. The molecule has 1 N–H and O–H groups in total. The average molecular weight is 336 g/mol. The standard InChI is InChI=1S/C12H17FN2O4S2/c1-9-8-14-5-6-15(9)21(18,19)10-3-4-12(11(13)7-10)20(2,16)17/h3-4,7,9,14H,5-6,8H2,1-2H3/t9-/m0/s1. The van der Waals surface area contributed by atoms with Crippen LogP contribution in [0.4, 0.5) is 4.39 Å². The summed E-state index contributed by atoms with van der Waals surface area (Å²) in [6.45, 7) is 3.08. The van der Waals surface area contributed by atoms with E-state index in [1.807, 2.05) is 0 Å². The lowest BCUT2D eigenvalue weighted by Crippen LogP contribution is -2.52. The van der Waals surface area contributed by atoms with Gasteiger partial charge in [-0.15, -0.1) is 0 Å². The molecule has 1 aromatic carbocycles. The summed E-state index contributed by atoms with van der Waals surface area (Å²) in [6, 6.07) is 2.63. The van der Waals surface area contributed by atoms with Crippen molar-refractivity contribution >= 4 is 19.9 Å². The van der Waals surface area contributed by atoms with Gasteiger partial charge in [0.25, 0.3) is 0 Å². The first-order valence-electron chi connectivity index (χ1n) is 6.36. The van der Waals surface area contributed by atoms with Crippen molar-refractivity contribution in [1.29, 1.82) is 0 Å². The zero-order chi connectivity index (χ0) is 15.8. The molecule has 0 saturated carbocycles. The summed E-state index contributed by atoms with van der Waals surface area (Å²) in [4.78, 5) is -0.740. The fraction of sp³-hybridized carbons (Fsp3) is 0.500. The van der Waals surface area contributed by atoms with E-state index in [9.17, 15) is 21.2 Å². The van der Waals surface area contributed by atoms with Gasteiger partial charge in [-0.05, 0) is 25.1 Å². The third kappa shape index (κ3) is 3.25. The SMILES string of the molecule is C[C@H]1CNCCN1S(=O)(=O)c1ccc(S(C)(=O)=O)c(F)c1. The second-order valence-corrected chi connectivity index (χ2v) is 8.91. The van der Waals surface area contributed by atoms with E-state index in [4.69, 9.17) is 0 Å². The molecule has 9 heteroatoms. The van der Waals surface area contributed by atoms with Crippen LogP contribution in [0.1, 0.15) is 6.92 Å². The molecular weight excluding hydrogens is 319 g/mol. The van der Waals surface area contributed by atoms with Gasteiger partial charge in [-0.3, -0.25) is 0 Å². The van der Waals surface area contributed by atoms with Gasteiger partial charge in [0.2, 0.25) is 10.0 Å². The lowest BCUT2D eigenvalue weighted by atomic mass is 10.3. The summed E-state index contributed by atoms with van der Waals surface area (Å²) in [7, 11) is -7.56. The number of hydrogen-bond donors (Lipinski definition) is 1. The van der Waals surface area contributed by atoms with Crippen LogP contribution in [0.2, 0.25) is 0 Å². The van der Waals surface area contributed by atoms with Crippen LogP contribution in [0.25, 0.3) is 0 Å². The Balaban J connectivity index is 2.44. The molecule has 1 saturated heterocycles. The van der Waals surface area contributed by atoms with Crippen molar-refractivity contribution in [2.45, 2.75) is 22.8 Å². The van der Waals surface area contributed by atoms with Crippen LogP contribution in [0.5, 0.6) is 0 Å². The van der Waals surface area contributed by atoms with Crippen molar-refractivity contribution in [2.75, 3.05) is 25.9 Å². The predicted molar refractivity (Wildman–Crippen MR) is 75.7 cm³/mol. The molecule has 1 heterocycles. The number of rotatable bonds is 3. The number of piperazine rings is 1. The van der Waals surface area contributed by atoms with Gasteiger partial charge in [-0.1, -0.05) is 0 Å². The van der Waals surface area contributed by atoms with Crippen LogP contribution in [-0.2, 0) is 19.9 Å². The second kappa shape index (κ2) is 5.64. The largest absolute Gasteiger partial charge is 0.314 e. The van der Waals surface area contributed by atoms with Crippen molar-refractivity contribution in [3.05, 3.63) is 24.0 Å². The Hall–Kier alpha value is -1.03. The summed E-state index contributed by atoms with van der Waals surface area (Å²) < 4.78 is 62.9. The molecule has 1 aliphatic heterocycles. The summed E-state index contributed by atoms with van der Waals surface area (Å²) in [5, 5.41) is 3.07. The van der Waals surface area contributed by atoms with Crippen LogP contribution in [-0.4, -0.2) is 53.1 Å². The Morgan fingerprint density at radius 3 is 2.48 bits per heavy atom. The van der Waals surface area contributed by atoms with Crippen LogP contribution in [0.3, 0.4) is 0 Å². The van der Waals surface area contributed by atoms with E-state index in [1.165, 1.54) is 4.31 Å². The Labute approximate surface area is 123 Å². The molecule has 1 fully saturated rings. The molecule has 0 bridgehead atoms. The van der Waals surface area contributed by atoms with Crippen molar-refractivity contribution in [3.63, 3.8) is 0 Å². The van der Waals surface area contributed by atoms with E-state index in [0.29, 0.717) is 19.6 Å². The normalized spacial score (nSPS) is 21.4. The first-order valence-corrected chi connectivity index (χ1v) is 9.69. The highest BCUT2D eigenvalue weighted by Crippen LogP contribution is 2.23. The van der Waals surface area contributed by atoms with Gasteiger partial charge >= 0.3 is 0 Å². The van der Waals surface area contributed by atoms with Gasteiger partial charge in [0.1, 0.15) is 10.7 Å². The van der Waals surface area contributed by atoms with Gasteiger partial charge in [-0.25, -0.2) is 21.2 Å². The summed E-state index contributed by atoms with van der Waals surface area (Å²) in [5.74, 6) is -1.05. The fourth-order valence-electron chi connectivity index (χ4n) is 2.26. The van der Waals surface area contributed by atoms with Crippen molar-refractivity contribution < 1.29 is 21.2 Å².